The van der Waals surface area contributed by atoms with Gasteiger partial charge in [0, 0.05) is 31.5 Å². The number of likely N-dealkylation sites (tertiary alicyclic amines) is 1. The normalized spacial score (nSPS) is 20.2. The molecule has 0 aromatic heterocycles. The molecule has 1 heterocycles. The molecule has 0 aromatic rings. The molecule has 0 saturated carbocycles. The van der Waals surface area contributed by atoms with E-state index in [1.807, 2.05) is 14.0 Å². The smallest absolute Gasteiger partial charge is 0.0762 e. The van der Waals surface area contributed by atoms with Crippen molar-refractivity contribution in [2.24, 2.45) is 5.41 Å². The van der Waals surface area contributed by atoms with E-state index in [4.69, 9.17) is 4.74 Å². The first kappa shape index (κ1) is 22.6. The van der Waals surface area contributed by atoms with E-state index in [1.54, 1.807) is 0 Å². The molecule has 3 heteroatoms. The third kappa shape index (κ3) is 9.28. The maximum atomic E-state index is 5.99. The van der Waals surface area contributed by atoms with Gasteiger partial charge in [0.1, 0.15) is 0 Å². The van der Waals surface area contributed by atoms with Crippen molar-refractivity contribution < 1.29 is 4.74 Å². The summed E-state index contributed by atoms with van der Waals surface area (Å²) in [5.41, 5.74) is 3.00. The second-order valence-corrected chi connectivity index (χ2v) is 8.04. The van der Waals surface area contributed by atoms with Crippen LogP contribution in [0.1, 0.15) is 60.3 Å². The second-order valence-electron chi connectivity index (χ2n) is 8.04. The minimum Gasteiger partial charge on any atom is -0.392 e. The fraction of sp³-hybridized carbons (Fsp3) is 0.652. The number of rotatable bonds is 10. The fourth-order valence-electron chi connectivity index (χ4n) is 3.29. The molecule has 0 aliphatic carbocycles. The van der Waals surface area contributed by atoms with Crippen molar-refractivity contribution >= 4 is 0 Å². The molecule has 3 nitrogen and oxygen atoms in total. The van der Waals surface area contributed by atoms with Crippen LogP contribution in [0.25, 0.3) is 0 Å². The molecule has 0 spiro atoms. The fourth-order valence-corrected chi connectivity index (χ4v) is 3.29. The molecular formula is C23H40N2O. The van der Waals surface area contributed by atoms with Crippen molar-refractivity contribution in [2.75, 3.05) is 26.7 Å². The molecule has 0 bridgehead atoms. The molecule has 1 fully saturated rings. The lowest BCUT2D eigenvalue weighted by molar-refractivity contribution is 0.103. The van der Waals surface area contributed by atoms with Gasteiger partial charge >= 0.3 is 0 Å². The maximum Gasteiger partial charge on any atom is 0.0762 e. The van der Waals surface area contributed by atoms with E-state index in [0.29, 0.717) is 12.0 Å². The van der Waals surface area contributed by atoms with Crippen LogP contribution >= 0.6 is 0 Å². The third-order valence-electron chi connectivity index (χ3n) is 4.98. The standard InChI is InChI=1S/C23H40N2O/c1-7-12-22(15-10-13-20(2)24-6)26-18-9-8-14-21(3)25-17-11-16-23(4,5)19-25/h7-9,12-14,22,24H,10-11,15-19H2,1-6H3/b9-8-,12-7-,20-13+,21-14+. The highest BCUT2D eigenvalue weighted by atomic mass is 16.5. The van der Waals surface area contributed by atoms with Gasteiger partial charge in [-0.05, 0) is 57.9 Å². The number of hydrogen-bond acceptors (Lipinski definition) is 3. The van der Waals surface area contributed by atoms with E-state index in [0.717, 1.165) is 19.4 Å². The van der Waals surface area contributed by atoms with Gasteiger partial charge in [0.15, 0.2) is 0 Å². The van der Waals surface area contributed by atoms with Crippen molar-refractivity contribution in [3.63, 3.8) is 0 Å². The molecule has 0 aromatic carbocycles. The number of nitrogens with one attached hydrogen (secondary N) is 1. The molecule has 1 N–H and O–H groups in total. The molecular weight excluding hydrogens is 320 g/mol. The second kappa shape index (κ2) is 12.0. The molecule has 148 valence electrons. The lowest BCUT2D eigenvalue weighted by atomic mass is 9.84. The van der Waals surface area contributed by atoms with Crippen LogP contribution in [0.5, 0.6) is 0 Å². The van der Waals surface area contributed by atoms with Gasteiger partial charge in [-0.25, -0.2) is 0 Å². The summed E-state index contributed by atoms with van der Waals surface area (Å²) in [4.78, 5) is 2.51. The van der Waals surface area contributed by atoms with Gasteiger partial charge in [0.05, 0.1) is 12.7 Å². The summed E-state index contributed by atoms with van der Waals surface area (Å²) in [6, 6.07) is 0. The molecule has 0 radical (unpaired) electrons. The Bertz CT molecular complexity index is 514. The molecule has 0 amide bonds. The van der Waals surface area contributed by atoms with Gasteiger partial charge in [-0.15, -0.1) is 0 Å². The predicted octanol–water partition coefficient (Wildman–Crippen LogP) is 5.43. The van der Waals surface area contributed by atoms with Gasteiger partial charge in [0.25, 0.3) is 0 Å². The van der Waals surface area contributed by atoms with E-state index in [9.17, 15) is 0 Å². The number of piperidine rings is 1. The van der Waals surface area contributed by atoms with Crippen molar-refractivity contribution in [3.05, 3.63) is 47.9 Å². The topological polar surface area (TPSA) is 24.5 Å². The molecule has 1 aliphatic heterocycles. The van der Waals surface area contributed by atoms with Gasteiger partial charge in [-0.3, -0.25) is 0 Å². The first-order valence-corrected chi connectivity index (χ1v) is 10.1. The first-order chi connectivity index (χ1) is 12.4. The Hall–Kier alpha value is -1.48. The number of nitrogens with zero attached hydrogens (tertiary/aromatic N) is 1. The summed E-state index contributed by atoms with van der Waals surface area (Å²) in [6.45, 7) is 14.1. The van der Waals surface area contributed by atoms with Gasteiger partial charge in [-0.2, -0.15) is 0 Å². The monoisotopic (exact) mass is 360 g/mol. The van der Waals surface area contributed by atoms with Crippen LogP contribution in [0, 0.1) is 5.41 Å². The van der Waals surface area contributed by atoms with Crippen LogP contribution in [0.4, 0.5) is 0 Å². The predicted molar refractivity (Wildman–Crippen MR) is 114 cm³/mol. The highest BCUT2D eigenvalue weighted by molar-refractivity contribution is 5.11. The number of allylic oxidation sites excluding steroid dienone is 6. The zero-order chi connectivity index (χ0) is 19.4. The van der Waals surface area contributed by atoms with E-state index < -0.39 is 0 Å². The van der Waals surface area contributed by atoms with Crippen molar-refractivity contribution in [2.45, 2.75) is 66.4 Å². The Labute approximate surface area is 161 Å². The van der Waals surface area contributed by atoms with E-state index in [2.05, 4.69) is 74.4 Å². The van der Waals surface area contributed by atoms with Gasteiger partial charge in [0.2, 0.25) is 0 Å². The molecule has 26 heavy (non-hydrogen) atoms. The van der Waals surface area contributed by atoms with Crippen LogP contribution in [0.15, 0.2) is 47.9 Å². The van der Waals surface area contributed by atoms with E-state index in [-0.39, 0.29) is 6.10 Å². The van der Waals surface area contributed by atoms with Crippen LogP contribution in [0.3, 0.4) is 0 Å². The van der Waals surface area contributed by atoms with E-state index in [1.165, 1.54) is 30.8 Å². The summed E-state index contributed by atoms with van der Waals surface area (Å²) in [5.74, 6) is 0. The van der Waals surface area contributed by atoms with Crippen molar-refractivity contribution in [1.82, 2.24) is 10.2 Å². The van der Waals surface area contributed by atoms with Crippen molar-refractivity contribution in [1.29, 1.82) is 0 Å². The zero-order valence-electron chi connectivity index (χ0n) is 17.8. The Morgan fingerprint density at radius 3 is 2.73 bits per heavy atom. The molecule has 1 rings (SSSR count). The van der Waals surface area contributed by atoms with Crippen LogP contribution in [-0.4, -0.2) is 37.7 Å². The Morgan fingerprint density at radius 2 is 2.08 bits per heavy atom. The average molecular weight is 361 g/mol. The zero-order valence-corrected chi connectivity index (χ0v) is 17.8. The molecule has 1 unspecified atom stereocenters. The average Bonchev–Trinajstić information content (AvgIpc) is 2.60. The number of ether oxygens (including phenoxy) is 1. The highest BCUT2D eigenvalue weighted by Crippen LogP contribution is 2.30. The summed E-state index contributed by atoms with van der Waals surface area (Å²) in [6.07, 6.45) is 17.7. The van der Waals surface area contributed by atoms with E-state index >= 15 is 0 Å². The summed E-state index contributed by atoms with van der Waals surface area (Å²) >= 11 is 0. The minimum absolute atomic E-state index is 0.179. The quantitative estimate of drug-likeness (QED) is 0.415. The van der Waals surface area contributed by atoms with Crippen molar-refractivity contribution in [3.8, 4) is 0 Å². The Morgan fingerprint density at radius 1 is 1.31 bits per heavy atom. The SMILES string of the molecule is C/C=C\C(CC/C=C(\C)NC)OC/C=C\C=C(/C)N1CCCC(C)(C)C1. The largest absolute Gasteiger partial charge is 0.392 e. The third-order valence-corrected chi connectivity index (χ3v) is 4.98. The number of hydrogen-bond donors (Lipinski definition) is 1. The van der Waals surface area contributed by atoms with Crippen LogP contribution in [0.2, 0.25) is 0 Å². The highest BCUT2D eigenvalue weighted by Gasteiger charge is 2.25. The Kier molecular flexibility index (Phi) is 10.4. The molecule has 1 atom stereocenters. The van der Waals surface area contributed by atoms with Gasteiger partial charge in [-0.1, -0.05) is 44.2 Å². The van der Waals surface area contributed by atoms with Gasteiger partial charge < -0.3 is 15.0 Å². The minimum atomic E-state index is 0.179. The molecule has 1 saturated heterocycles. The summed E-state index contributed by atoms with van der Waals surface area (Å²) in [7, 11) is 1.96. The first-order valence-electron chi connectivity index (χ1n) is 10.1. The molecule has 1 aliphatic rings. The Balaban J connectivity index is 2.40. The summed E-state index contributed by atoms with van der Waals surface area (Å²) < 4.78 is 5.99. The van der Waals surface area contributed by atoms with Crippen LogP contribution in [-0.2, 0) is 4.74 Å². The summed E-state index contributed by atoms with van der Waals surface area (Å²) in [5, 5.41) is 3.15. The van der Waals surface area contributed by atoms with Crippen LogP contribution < -0.4 is 5.32 Å². The lowest BCUT2D eigenvalue weighted by Crippen LogP contribution is -2.38. The maximum absolute atomic E-state index is 5.99. The lowest BCUT2D eigenvalue weighted by Gasteiger charge is -2.39.